The third-order valence-corrected chi connectivity index (χ3v) is 3.96. The molecule has 21 heavy (non-hydrogen) atoms. The summed E-state index contributed by atoms with van der Waals surface area (Å²) in [4.78, 5) is 11.9. The molecule has 0 aromatic heterocycles. The molecule has 4 heteroatoms. The summed E-state index contributed by atoms with van der Waals surface area (Å²) in [6.07, 6.45) is -0.227. The van der Waals surface area contributed by atoms with Crippen molar-refractivity contribution in [3.05, 3.63) is 29.3 Å². The monoisotopic (exact) mass is 293 g/mol. The molecule has 0 saturated carbocycles. The Morgan fingerprint density at radius 2 is 1.81 bits per heavy atom. The summed E-state index contributed by atoms with van der Waals surface area (Å²) in [5.74, 6) is 0.660. The van der Waals surface area contributed by atoms with Crippen LogP contribution in [-0.4, -0.2) is 25.2 Å². The third-order valence-electron chi connectivity index (χ3n) is 3.96. The number of methoxy groups -OCH3 is 1. The Bertz CT molecular complexity index is 485. The SMILES string of the molecule is COc1ccc([C@H](C)[C@H](C)OC(=O)[C@@H](N)C(C)C)c(C)c1. The standard InChI is InChI=1S/C17H27NO3/c1-10(2)16(18)17(19)21-13(5)12(4)15-8-7-14(20-6)9-11(15)3/h7-10,12-13,16H,18H2,1-6H3/t12-,13+,16+/m1/s1. The van der Waals surface area contributed by atoms with Gasteiger partial charge in [-0.15, -0.1) is 0 Å². The number of esters is 1. The van der Waals surface area contributed by atoms with Crippen molar-refractivity contribution in [2.24, 2.45) is 11.7 Å². The highest BCUT2D eigenvalue weighted by Crippen LogP contribution is 2.27. The molecule has 0 aliphatic heterocycles. The van der Waals surface area contributed by atoms with Gasteiger partial charge in [0.2, 0.25) is 0 Å². The van der Waals surface area contributed by atoms with Crippen LogP contribution >= 0.6 is 0 Å². The van der Waals surface area contributed by atoms with E-state index in [0.29, 0.717) is 0 Å². The van der Waals surface area contributed by atoms with E-state index in [2.05, 4.69) is 0 Å². The molecule has 4 nitrogen and oxygen atoms in total. The van der Waals surface area contributed by atoms with E-state index >= 15 is 0 Å². The van der Waals surface area contributed by atoms with E-state index < -0.39 is 6.04 Å². The third kappa shape index (κ3) is 4.46. The van der Waals surface area contributed by atoms with E-state index in [9.17, 15) is 4.79 Å². The van der Waals surface area contributed by atoms with Crippen molar-refractivity contribution in [1.29, 1.82) is 0 Å². The van der Waals surface area contributed by atoms with Crippen LogP contribution in [0.15, 0.2) is 18.2 Å². The number of carbonyl (C=O) groups is 1. The van der Waals surface area contributed by atoms with Crippen LogP contribution in [0.4, 0.5) is 0 Å². The average molecular weight is 293 g/mol. The summed E-state index contributed by atoms with van der Waals surface area (Å²) in [7, 11) is 1.65. The topological polar surface area (TPSA) is 61.5 Å². The minimum Gasteiger partial charge on any atom is -0.497 e. The molecule has 0 amide bonds. The van der Waals surface area contributed by atoms with Crippen LogP contribution in [0.25, 0.3) is 0 Å². The smallest absolute Gasteiger partial charge is 0.323 e. The number of ether oxygens (including phenoxy) is 2. The molecule has 118 valence electrons. The lowest BCUT2D eigenvalue weighted by Gasteiger charge is -2.25. The maximum absolute atomic E-state index is 11.9. The van der Waals surface area contributed by atoms with Gasteiger partial charge >= 0.3 is 5.97 Å². The largest absolute Gasteiger partial charge is 0.497 e. The summed E-state index contributed by atoms with van der Waals surface area (Å²) in [5, 5.41) is 0. The van der Waals surface area contributed by atoms with Crippen LogP contribution in [-0.2, 0) is 9.53 Å². The van der Waals surface area contributed by atoms with E-state index in [0.717, 1.165) is 16.9 Å². The van der Waals surface area contributed by atoms with Gasteiger partial charge in [-0.05, 0) is 43.0 Å². The van der Waals surface area contributed by atoms with E-state index in [1.807, 2.05) is 52.8 Å². The molecule has 0 spiro atoms. The first-order valence-electron chi connectivity index (χ1n) is 7.38. The minimum atomic E-state index is -0.573. The Hall–Kier alpha value is -1.55. The number of hydrogen-bond acceptors (Lipinski definition) is 4. The Morgan fingerprint density at radius 3 is 2.29 bits per heavy atom. The molecule has 0 aliphatic carbocycles. The first-order chi connectivity index (χ1) is 9.77. The second kappa shape index (κ2) is 7.46. The van der Waals surface area contributed by atoms with Crippen LogP contribution in [0.5, 0.6) is 5.75 Å². The normalized spacial score (nSPS) is 15.4. The zero-order valence-electron chi connectivity index (χ0n) is 13.8. The lowest BCUT2D eigenvalue weighted by atomic mass is 9.92. The van der Waals surface area contributed by atoms with Crippen LogP contribution in [0.1, 0.15) is 44.7 Å². The molecule has 2 N–H and O–H groups in total. The van der Waals surface area contributed by atoms with Gasteiger partial charge in [-0.1, -0.05) is 26.8 Å². The number of benzene rings is 1. The molecule has 0 saturated heterocycles. The van der Waals surface area contributed by atoms with E-state index in [1.54, 1.807) is 7.11 Å². The van der Waals surface area contributed by atoms with Gasteiger partial charge in [0.25, 0.3) is 0 Å². The Labute approximate surface area is 127 Å². The molecule has 0 fully saturated rings. The van der Waals surface area contributed by atoms with Crippen molar-refractivity contribution >= 4 is 5.97 Å². The Morgan fingerprint density at radius 1 is 1.19 bits per heavy atom. The fraction of sp³-hybridized carbons (Fsp3) is 0.588. The first kappa shape index (κ1) is 17.5. The van der Waals surface area contributed by atoms with Gasteiger partial charge in [0.05, 0.1) is 7.11 Å². The molecule has 0 unspecified atom stereocenters. The van der Waals surface area contributed by atoms with Crippen molar-refractivity contribution < 1.29 is 14.3 Å². The van der Waals surface area contributed by atoms with Crippen LogP contribution in [0.3, 0.4) is 0 Å². The van der Waals surface area contributed by atoms with Crippen molar-refractivity contribution in [2.75, 3.05) is 7.11 Å². The highest BCUT2D eigenvalue weighted by molar-refractivity contribution is 5.76. The number of nitrogens with two attached hydrogens (primary N) is 1. The second-order valence-electron chi connectivity index (χ2n) is 5.92. The summed E-state index contributed by atoms with van der Waals surface area (Å²) in [6.45, 7) is 9.80. The molecule has 0 radical (unpaired) electrons. The highest BCUT2D eigenvalue weighted by Gasteiger charge is 2.25. The van der Waals surface area contributed by atoms with Crippen molar-refractivity contribution in [1.82, 2.24) is 0 Å². The lowest BCUT2D eigenvalue weighted by molar-refractivity contribution is -0.151. The minimum absolute atomic E-state index is 0.0720. The first-order valence-corrected chi connectivity index (χ1v) is 7.38. The van der Waals surface area contributed by atoms with Crippen LogP contribution in [0, 0.1) is 12.8 Å². The molecule has 0 heterocycles. The van der Waals surface area contributed by atoms with Crippen molar-refractivity contribution in [3.63, 3.8) is 0 Å². The van der Waals surface area contributed by atoms with E-state index in [-0.39, 0.29) is 23.9 Å². The highest BCUT2D eigenvalue weighted by atomic mass is 16.5. The zero-order valence-corrected chi connectivity index (χ0v) is 13.8. The fourth-order valence-corrected chi connectivity index (χ4v) is 2.17. The van der Waals surface area contributed by atoms with Gasteiger partial charge in [0.15, 0.2) is 0 Å². The van der Waals surface area contributed by atoms with Gasteiger partial charge in [0, 0.05) is 5.92 Å². The number of hydrogen-bond donors (Lipinski definition) is 1. The maximum Gasteiger partial charge on any atom is 0.323 e. The zero-order chi connectivity index (χ0) is 16.2. The Balaban J connectivity index is 2.78. The molecule has 1 rings (SSSR count). The molecule has 1 aromatic rings. The summed E-state index contributed by atoms with van der Waals surface area (Å²) < 4.78 is 10.7. The summed E-state index contributed by atoms with van der Waals surface area (Å²) >= 11 is 0. The maximum atomic E-state index is 11.9. The molecule has 0 aliphatic rings. The number of aryl methyl sites for hydroxylation is 1. The van der Waals surface area contributed by atoms with Crippen molar-refractivity contribution in [2.45, 2.75) is 52.7 Å². The number of rotatable bonds is 6. The van der Waals surface area contributed by atoms with Crippen LogP contribution in [0.2, 0.25) is 0 Å². The van der Waals surface area contributed by atoms with E-state index in [4.69, 9.17) is 15.2 Å². The number of carbonyl (C=O) groups excluding carboxylic acids is 1. The molecule has 3 atom stereocenters. The van der Waals surface area contributed by atoms with Crippen LogP contribution < -0.4 is 10.5 Å². The lowest BCUT2D eigenvalue weighted by Crippen LogP contribution is -2.39. The Kier molecular flexibility index (Phi) is 6.21. The summed E-state index contributed by atoms with van der Waals surface area (Å²) in [5.41, 5.74) is 8.09. The van der Waals surface area contributed by atoms with Gasteiger partial charge in [-0.2, -0.15) is 0 Å². The quantitative estimate of drug-likeness (QED) is 0.819. The molecule has 0 bridgehead atoms. The van der Waals surface area contributed by atoms with Gasteiger partial charge < -0.3 is 15.2 Å². The second-order valence-corrected chi connectivity index (χ2v) is 5.92. The van der Waals surface area contributed by atoms with Gasteiger partial charge in [-0.25, -0.2) is 0 Å². The van der Waals surface area contributed by atoms with E-state index in [1.165, 1.54) is 0 Å². The molecular weight excluding hydrogens is 266 g/mol. The predicted octanol–water partition coefficient (Wildman–Crippen LogP) is 3.02. The molecule has 1 aromatic carbocycles. The average Bonchev–Trinajstić information content (AvgIpc) is 2.45. The fourth-order valence-electron chi connectivity index (χ4n) is 2.17. The van der Waals surface area contributed by atoms with Gasteiger partial charge in [-0.3, -0.25) is 4.79 Å². The van der Waals surface area contributed by atoms with Crippen molar-refractivity contribution in [3.8, 4) is 5.75 Å². The van der Waals surface area contributed by atoms with Gasteiger partial charge in [0.1, 0.15) is 17.9 Å². The summed E-state index contributed by atoms with van der Waals surface area (Å²) in [6, 6.07) is 5.36. The predicted molar refractivity (Wildman–Crippen MR) is 84.5 cm³/mol. The molecular formula is C17H27NO3.